The van der Waals surface area contributed by atoms with E-state index in [-0.39, 0.29) is 24.1 Å². The third-order valence-corrected chi connectivity index (χ3v) is 4.74. The summed E-state index contributed by atoms with van der Waals surface area (Å²) < 4.78 is 37.7. The number of carboxylic acids is 1. The van der Waals surface area contributed by atoms with Crippen LogP contribution in [0, 0.1) is 5.92 Å². The van der Waals surface area contributed by atoms with Crippen LogP contribution in [-0.4, -0.2) is 38.0 Å². The van der Waals surface area contributed by atoms with Gasteiger partial charge >= 0.3 is 5.97 Å². The number of rotatable bonds is 7. The first-order valence-corrected chi connectivity index (χ1v) is 7.88. The lowest BCUT2D eigenvalue weighted by Crippen LogP contribution is -2.39. The predicted molar refractivity (Wildman–Crippen MR) is 65.5 cm³/mol. The van der Waals surface area contributed by atoms with Gasteiger partial charge in [0.1, 0.15) is 0 Å². The average molecular weight is 281 g/mol. The van der Waals surface area contributed by atoms with E-state index >= 15 is 0 Å². The predicted octanol–water partition coefficient (Wildman–Crippen LogP) is 1.30. The van der Waals surface area contributed by atoms with Gasteiger partial charge in [0.25, 0.3) is 0 Å². The fourth-order valence-electron chi connectivity index (χ4n) is 2.16. The van der Waals surface area contributed by atoms with Crippen LogP contribution in [0.3, 0.4) is 0 Å². The Morgan fingerprint density at radius 3 is 2.33 bits per heavy atom. The van der Waals surface area contributed by atoms with Crippen LogP contribution in [0.4, 0.5) is 4.39 Å². The van der Waals surface area contributed by atoms with Crippen molar-refractivity contribution in [3.8, 4) is 0 Å². The van der Waals surface area contributed by atoms with Gasteiger partial charge in [0, 0.05) is 6.04 Å². The van der Waals surface area contributed by atoms with Gasteiger partial charge in [-0.2, -0.15) is 0 Å². The summed E-state index contributed by atoms with van der Waals surface area (Å²) in [5.74, 6) is -1.22. The number of carboxylic acid groups (broad SMARTS) is 1. The number of unbranched alkanes of at least 4 members (excludes halogenated alkanes) is 1. The highest BCUT2D eigenvalue weighted by atomic mass is 32.2. The van der Waals surface area contributed by atoms with Crippen LogP contribution in [0.25, 0.3) is 0 Å². The van der Waals surface area contributed by atoms with Gasteiger partial charge in [0.2, 0.25) is 10.0 Å². The standard InChI is InChI=1S/C11H20FNO4S/c12-7-1-2-8-18(16,17)13-10-5-3-9(4-6-10)11(14)15/h9-10,13H,1-8H2,(H,14,15). The van der Waals surface area contributed by atoms with Crippen LogP contribution >= 0.6 is 0 Å². The quantitative estimate of drug-likeness (QED) is 0.689. The number of hydrogen-bond donors (Lipinski definition) is 2. The molecule has 0 atom stereocenters. The monoisotopic (exact) mass is 281 g/mol. The van der Waals surface area contributed by atoms with Gasteiger partial charge < -0.3 is 5.11 Å². The molecule has 5 nitrogen and oxygen atoms in total. The summed E-state index contributed by atoms with van der Waals surface area (Å²) in [7, 11) is -3.36. The Kier molecular flexibility index (Phi) is 6.01. The lowest BCUT2D eigenvalue weighted by atomic mass is 9.87. The van der Waals surface area contributed by atoms with Crippen LogP contribution in [0.1, 0.15) is 38.5 Å². The molecule has 1 saturated carbocycles. The number of nitrogens with one attached hydrogen (secondary N) is 1. The number of carbonyl (C=O) groups is 1. The zero-order valence-electron chi connectivity index (χ0n) is 10.3. The summed E-state index contributed by atoms with van der Waals surface area (Å²) in [6, 6.07) is -0.170. The van der Waals surface area contributed by atoms with Crippen molar-refractivity contribution in [1.29, 1.82) is 0 Å². The molecule has 7 heteroatoms. The first-order chi connectivity index (χ1) is 8.44. The molecule has 1 rings (SSSR count). The number of sulfonamides is 1. The lowest BCUT2D eigenvalue weighted by molar-refractivity contribution is -0.142. The van der Waals surface area contributed by atoms with E-state index in [0.29, 0.717) is 32.1 Å². The van der Waals surface area contributed by atoms with Gasteiger partial charge in [-0.3, -0.25) is 9.18 Å². The maximum absolute atomic E-state index is 11.9. The zero-order valence-corrected chi connectivity index (χ0v) is 11.1. The van der Waals surface area contributed by atoms with Crippen LogP contribution in [0.2, 0.25) is 0 Å². The molecule has 0 aromatic rings. The molecule has 0 heterocycles. The minimum absolute atomic E-state index is 0.0597. The first kappa shape index (κ1) is 15.4. The van der Waals surface area contributed by atoms with Crippen molar-refractivity contribution in [2.75, 3.05) is 12.4 Å². The van der Waals surface area contributed by atoms with Crippen LogP contribution < -0.4 is 4.72 Å². The number of alkyl halides is 1. The van der Waals surface area contributed by atoms with E-state index in [4.69, 9.17) is 5.11 Å². The van der Waals surface area contributed by atoms with Crippen molar-refractivity contribution in [1.82, 2.24) is 4.72 Å². The first-order valence-electron chi connectivity index (χ1n) is 6.23. The molecule has 0 bridgehead atoms. The van der Waals surface area contributed by atoms with E-state index in [1.807, 2.05) is 0 Å². The average Bonchev–Trinajstić information content (AvgIpc) is 2.29. The maximum atomic E-state index is 11.9. The molecule has 0 amide bonds. The smallest absolute Gasteiger partial charge is 0.306 e. The van der Waals surface area contributed by atoms with Gasteiger partial charge in [-0.1, -0.05) is 0 Å². The SMILES string of the molecule is O=C(O)C1CCC(NS(=O)(=O)CCCCF)CC1. The largest absolute Gasteiger partial charge is 0.481 e. The van der Waals surface area contributed by atoms with Gasteiger partial charge in [0.15, 0.2) is 0 Å². The van der Waals surface area contributed by atoms with E-state index in [9.17, 15) is 17.6 Å². The molecule has 2 N–H and O–H groups in total. The molecule has 1 aliphatic rings. The summed E-state index contributed by atoms with van der Waals surface area (Å²) in [6.45, 7) is -0.501. The van der Waals surface area contributed by atoms with Crippen molar-refractivity contribution >= 4 is 16.0 Å². The van der Waals surface area contributed by atoms with Crippen LogP contribution in [-0.2, 0) is 14.8 Å². The summed E-state index contributed by atoms with van der Waals surface area (Å²) in [6.07, 6.45) is 2.70. The molecule has 0 unspecified atom stereocenters. The number of halogens is 1. The molecule has 0 spiro atoms. The molecule has 0 aromatic heterocycles. The molecule has 106 valence electrons. The van der Waals surface area contributed by atoms with E-state index in [0.717, 1.165) is 0 Å². The summed E-state index contributed by atoms with van der Waals surface area (Å²) in [5, 5.41) is 8.83. The lowest BCUT2D eigenvalue weighted by Gasteiger charge is -2.26. The second-order valence-electron chi connectivity index (χ2n) is 4.72. The summed E-state index contributed by atoms with van der Waals surface area (Å²) in [4.78, 5) is 10.7. The van der Waals surface area contributed by atoms with Crippen molar-refractivity contribution in [3.63, 3.8) is 0 Å². The minimum Gasteiger partial charge on any atom is -0.481 e. The van der Waals surface area contributed by atoms with Gasteiger partial charge in [0.05, 0.1) is 18.3 Å². The summed E-state index contributed by atoms with van der Waals surface area (Å²) >= 11 is 0. The Morgan fingerprint density at radius 2 is 1.83 bits per heavy atom. The number of aliphatic carboxylic acids is 1. The topological polar surface area (TPSA) is 83.5 Å². The van der Waals surface area contributed by atoms with Crippen LogP contribution in [0.5, 0.6) is 0 Å². The molecule has 1 aliphatic carbocycles. The van der Waals surface area contributed by atoms with Crippen molar-refractivity contribution in [2.24, 2.45) is 5.92 Å². The van der Waals surface area contributed by atoms with Crippen molar-refractivity contribution in [2.45, 2.75) is 44.6 Å². The highest BCUT2D eigenvalue weighted by molar-refractivity contribution is 7.89. The third-order valence-electron chi connectivity index (χ3n) is 3.22. The summed E-state index contributed by atoms with van der Waals surface area (Å²) in [5.41, 5.74) is 0. The molecule has 0 radical (unpaired) electrons. The molecule has 0 saturated heterocycles. The molecular weight excluding hydrogens is 261 g/mol. The van der Waals surface area contributed by atoms with Crippen molar-refractivity contribution < 1.29 is 22.7 Å². The second-order valence-corrected chi connectivity index (χ2v) is 6.59. The second kappa shape index (κ2) is 7.04. The molecular formula is C11H20FNO4S. The molecule has 1 fully saturated rings. The Labute approximate surface area is 107 Å². The van der Waals surface area contributed by atoms with Gasteiger partial charge in [-0.25, -0.2) is 13.1 Å². The Morgan fingerprint density at radius 1 is 1.22 bits per heavy atom. The Hall–Kier alpha value is -0.690. The van der Waals surface area contributed by atoms with E-state index in [2.05, 4.69) is 4.72 Å². The van der Waals surface area contributed by atoms with Crippen LogP contribution in [0.15, 0.2) is 0 Å². The van der Waals surface area contributed by atoms with E-state index in [1.54, 1.807) is 0 Å². The Balaban J connectivity index is 2.33. The zero-order chi connectivity index (χ0) is 13.6. The highest BCUT2D eigenvalue weighted by Crippen LogP contribution is 2.24. The molecule has 0 aliphatic heterocycles. The number of hydrogen-bond acceptors (Lipinski definition) is 3. The minimum atomic E-state index is -3.36. The highest BCUT2D eigenvalue weighted by Gasteiger charge is 2.27. The molecule has 18 heavy (non-hydrogen) atoms. The third kappa shape index (κ3) is 5.30. The normalized spacial score (nSPS) is 24.9. The fraction of sp³-hybridized carbons (Fsp3) is 0.909. The fourth-order valence-corrected chi connectivity index (χ4v) is 3.60. The Bertz CT molecular complexity index is 363. The van der Waals surface area contributed by atoms with Gasteiger partial charge in [-0.15, -0.1) is 0 Å². The molecule has 0 aromatic carbocycles. The maximum Gasteiger partial charge on any atom is 0.306 e. The van der Waals surface area contributed by atoms with Gasteiger partial charge in [-0.05, 0) is 38.5 Å². The van der Waals surface area contributed by atoms with E-state index in [1.165, 1.54) is 0 Å². The van der Waals surface area contributed by atoms with Crippen molar-refractivity contribution in [3.05, 3.63) is 0 Å². The van der Waals surface area contributed by atoms with E-state index < -0.39 is 22.7 Å².